The van der Waals surface area contributed by atoms with Gasteiger partial charge in [0.25, 0.3) is 0 Å². The van der Waals surface area contributed by atoms with Crippen molar-refractivity contribution in [1.82, 2.24) is 10.2 Å². The molecule has 1 aliphatic heterocycles. The van der Waals surface area contributed by atoms with Crippen LogP contribution in [0, 0.1) is 0 Å². The number of hydrogen-bond acceptors (Lipinski definition) is 4. The Morgan fingerprint density at radius 2 is 2.00 bits per heavy atom. The number of nitrogens with one attached hydrogen (secondary N) is 1. The summed E-state index contributed by atoms with van der Waals surface area (Å²) in [5.74, 6) is -0.129. The Hall–Kier alpha value is -2.08. The highest BCUT2D eigenvalue weighted by Gasteiger charge is 2.46. The van der Waals surface area contributed by atoms with Gasteiger partial charge in [-0.25, -0.2) is 4.79 Å². The summed E-state index contributed by atoms with van der Waals surface area (Å²) < 4.78 is 10.9. The highest BCUT2D eigenvalue weighted by atomic mass is 16.6. The number of nitrogens with zero attached hydrogens (tertiary/aromatic N) is 1. The monoisotopic (exact) mass is 362 g/mol. The van der Waals surface area contributed by atoms with Crippen molar-refractivity contribution in [3.05, 3.63) is 35.9 Å². The van der Waals surface area contributed by atoms with E-state index in [0.29, 0.717) is 26.1 Å². The first kappa shape index (κ1) is 20.2. The average Bonchev–Trinajstić information content (AvgIpc) is 3.03. The fourth-order valence-electron chi connectivity index (χ4n) is 3.07. The third kappa shape index (κ3) is 5.46. The van der Waals surface area contributed by atoms with Gasteiger partial charge in [-0.3, -0.25) is 9.69 Å². The molecule has 1 saturated heterocycles. The molecular weight excluding hydrogens is 332 g/mol. The van der Waals surface area contributed by atoms with Crippen molar-refractivity contribution >= 4 is 12.0 Å². The smallest absolute Gasteiger partial charge is 0.410 e. The topological polar surface area (TPSA) is 67.9 Å². The molecule has 144 valence electrons. The van der Waals surface area contributed by atoms with Gasteiger partial charge in [-0.15, -0.1) is 0 Å². The summed E-state index contributed by atoms with van der Waals surface area (Å²) >= 11 is 0. The van der Waals surface area contributed by atoms with Crippen molar-refractivity contribution < 1.29 is 19.1 Å². The zero-order valence-corrected chi connectivity index (χ0v) is 16.0. The van der Waals surface area contributed by atoms with Crippen LogP contribution in [-0.4, -0.2) is 48.2 Å². The predicted molar refractivity (Wildman–Crippen MR) is 99.7 cm³/mol. The number of likely N-dealkylation sites (tertiary alicyclic amines) is 1. The molecule has 2 amide bonds. The largest absolute Gasteiger partial charge is 0.445 e. The van der Waals surface area contributed by atoms with Crippen LogP contribution in [0.3, 0.4) is 0 Å². The van der Waals surface area contributed by atoms with Gasteiger partial charge in [0.15, 0.2) is 0 Å². The minimum absolute atomic E-state index is 0.129. The van der Waals surface area contributed by atoms with Crippen molar-refractivity contribution in [2.24, 2.45) is 0 Å². The van der Waals surface area contributed by atoms with Crippen LogP contribution < -0.4 is 5.32 Å². The van der Waals surface area contributed by atoms with Gasteiger partial charge in [0.05, 0.1) is 6.10 Å². The lowest BCUT2D eigenvalue weighted by atomic mass is 9.98. The third-order valence-corrected chi connectivity index (χ3v) is 4.61. The summed E-state index contributed by atoms with van der Waals surface area (Å²) in [6.45, 7) is 7.66. The first-order valence-electron chi connectivity index (χ1n) is 9.31. The average molecular weight is 362 g/mol. The van der Waals surface area contributed by atoms with Crippen LogP contribution in [0.25, 0.3) is 0 Å². The Morgan fingerprint density at radius 1 is 1.27 bits per heavy atom. The highest BCUT2D eigenvalue weighted by Crippen LogP contribution is 2.30. The van der Waals surface area contributed by atoms with Gasteiger partial charge in [-0.05, 0) is 45.6 Å². The van der Waals surface area contributed by atoms with E-state index in [1.807, 2.05) is 51.1 Å². The number of carbonyl (C=O) groups excluding carboxylic acids is 2. The molecular formula is C20H30N2O4. The van der Waals surface area contributed by atoms with Crippen LogP contribution in [0.1, 0.15) is 45.6 Å². The molecule has 2 rings (SSSR count). The molecule has 26 heavy (non-hydrogen) atoms. The van der Waals surface area contributed by atoms with E-state index in [9.17, 15) is 9.59 Å². The standard InChI is InChI=1S/C20H30N2O4/c1-16(2)25-14-8-12-21-18(23)20(3)11-7-13-22(20)19(24)26-15-17-9-5-4-6-10-17/h4-6,9-10,16H,7-8,11-15H2,1-3H3,(H,21,23). The molecule has 1 heterocycles. The van der Waals surface area contributed by atoms with Crippen molar-refractivity contribution in [3.63, 3.8) is 0 Å². The number of benzene rings is 1. The van der Waals surface area contributed by atoms with E-state index in [1.54, 1.807) is 4.90 Å². The minimum Gasteiger partial charge on any atom is -0.445 e. The van der Waals surface area contributed by atoms with E-state index in [-0.39, 0.29) is 18.6 Å². The Labute approximate surface area is 155 Å². The van der Waals surface area contributed by atoms with Gasteiger partial charge in [0, 0.05) is 19.7 Å². The Balaban J connectivity index is 1.83. The molecule has 0 aliphatic carbocycles. The number of carbonyl (C=O) groups is 2. The van der Waals surface area contributed by atoms with Crippen LogP contribution >= 0.6 is 0 Å². The maximum atomic E-state index is 12.7. The van der Waals surface area contributed by atoms with Crippen molar-refractivity contribution in [1.29, 1.82) is 0 Å². The fourth-order valence-corrected chi connectivity index (χ4v) is 3.07. The second-order valence-corrected chi connectivity index (χ2v) is 7.10. The second-order valence-electron chi connectivity index (χ2n) is 7.10. The van der Waals surface area contributed by atoms with Gasteiger partial charge >= 0.3 is 6.09 Å². The molecule has 0 radical (unpaired) electrons. The van der Waals surface area contributed by atoms with Crippen LogP contribution in [0.15, 0.2) is 30.3 Å². The first-order valence-corrected chi connectivity index (χ1v) is 9.31. The van der Waals surface area contributed by atoms with E-state index in [0.717, 1.165) is 18.4 Å². The van der Waals surface area contributed by atoms with Gasteiger partial charge in [-0.2, -0.15) is 0 Å². The van der Waals surface area contributed by atoms with Crippen molar-refractivity contribution in [2.75, 3.05) is 19.7 Å². The quantitative estimate of drug-likeness (QED) is 0.722. The Kier molecular flexibility index (Phi) is 7.45. The van der Waals surface area contributed by atoms with Crippen LogP contribution in [0.2, 0.25) is 0 Å². The lowest BCUT2D eigenvalue weighted by molar-refractivity contribution is -0.130. The van der Waals surface area contributed by atoms with E-state index >= 15 is 0 Å². The van der Waals surface area contributed by atoms with E-state index in [2.05, 4.69) is 5.32 Å². The van der Waals surface area contributed by atoms with Crippen molar-refractivity contribution in [2.45, 2.75) is 58.3 Å². The van der Waals surface area contributed by atoms with Gasteiger partial charge in [-0.1, -0.05) is 30.3 Å². The van der Waals surface area contributed by atoms with Crippen LogP contribution in [0.4, 0.5) is 4.79 Å². The lowest BCUT2D eigenvalue weighted by Crippen LogP contribution is -2.55. The third-order valence-electron chi connectivity index (χ3n) is 4.61. The zero-order chi connectivity index (χ0) is 19.0. The van der Waals surface area contributed by atoms with E-state index in [1.165, 1.54) is 0 Å². The molecule has 6 heteroatoms. The zero-order valence-electron chi connectivity index (χ0n) is 16.0. The maximum absolute atomic E-state index is 12.7. The number of rotatable bonds is 8. The summed E-state index contributed by atoms with van der Waals surface area (Å²) in [6.07, 6.45) is 1.93. The summed E-state index contributed by atoms with van der Waals surface area (Å²) in [5.41, 5.74) is 0.0727. The first-order chi connectivity index (χ1) is 12.4. The SMILES string of the molecule is CC(C)OCCCNC(=O)C1(C)CCCN1C(=O)OCc1ccccc1. The maximum Gasteiger partial charge on any atom is 0.410 e. The minimum atomic E-state index is -0.854. The summed E-state index contributed by atoms with van der Waals surface area (Å²) in [6, 6.07) is 9.53. The number of amides is 2. The Morgan fingerprint density at radius 3 is 2.69 bits per heavy atom. The van der Waals surface area contributed by atoms with E-state index in [4.69, 9.17) is 9.47 Å². The molecule has 1 aliphatic rings. The molecule has 6 nitrogen and oxygen atoms in total. The van der Waals surface area contributed by atoms with Gasteiger partial charge in [0.1, 0.15) is 12.1 Å². The predicted octanol–water partition coefficient (Wildman–Crippen LogP) is 3.11. The molecule has 1 unspecified atom stereocenters. The number of ether oxygens (including phenoxy) is 2. The second kappa shape index (κ2) is 9.57. The molecule has 1 aromatic carbocycles. The fraction of sp³-hybridized carbons (Fsp3) is 0.600. The molecule has 1 N–H and O–H groups in total. The Bertz CT molecular complexity index is 591. The molecule has 0 saturated carbocycles. The highest BCUT2D eigenvalue weighted by molar-refractivity contribution is 5.90. The lowest BCUT2D eigenvalue weighted by Gasteiger charge is -2.33. The molecule has 0 bridgehead atoms. The summed E-state index contributed by atoms with van der Waals surface area (Å²) in [7, 11) is 0. The van der Waals surface area contributed by atoms with Gasteiger partial charge < -0.3 is 14.8 Å². The summed E-state index contributed by atoms with van der Waals surface area (Å²) in [5, 5.41) is 2.93. The molecule has 0 spiro atoms. The normalized spacial score (nSPS) is 19.6. The molecule has 1 fully saturated rings. The van der Waals surface area contributed by atoms with Crippen LogP contribution in [0.5, 0.6) is 0 Å². The number of hydrogen-bond donors (Lipinski definition) is 1. The summed E-state index contributed by atoms with van der Waals surface area (Å²) in [4.78, 5) is 26.7. The molecule has 1 atom stereocenters. The van der Waals surface area contributed by atoms with Crippen molar-refractivity contribution in [3.8, 4) is 0 Å². The van der Waals surface area contributed by atoms with Gasteiger partial charge in [0.2, 0.25) is 5.91 Å². The van der Waals surface area contributed by atoms with Crippen LogP contribution in [-0.2, 0) is 20.9 Å². The van der Waals surface area contributed by atoms with E-state index < -0.39 is 11.6 Å². The molecule has 1 aromatic rings. The molecule has 0 aromatic heterocycles.